The summed E-state index contributed by atoms with van der Waals surface area (Å²) in [6.07, 6.45) is 0.621. The molecule has 0 fully saturated rings. The van der Waals surface area contributed by atoms with Gasteiger partial charge in [0.2, 0.25) is 0 Å². The molecular weight excluding hydrogens is 355 g/mol. The second kappa shape index (κ2) is 9.06. The minimum absolute atomic E-state index is 0.381. The van der Waals surface area contributed by atoms with Gasteiger partial charge in [0.05, 0.1) is 4.99 Å². The average molecular weight is 371 g/mol. The number of hydrogen-bond acceptors (Lipinski definition) is 2. The van der Waals surface area contributed by atoms with Crippen molar-refractivity contribution in [3.63, 3.8) is 0 Å². The Bertz CT molecular complexity index is 688. The third kappa shape index (κ3) is 6.71. The van der Waals surface area contributed by atoms with Crippen molar-refractivity contribution in [1.29, 1.82) is 0 Å². The third-order valence-electron chi connectivity index (χ3n) is 2.72. The van der Waals surface area contributed by atoms with E-state index in [9.17, 15) is 0 Å². The molecule has 0 aliphatic heterocycles. The Balaban J connectivity index is 0.000000220. The summed E-state index contributed by atoms with van der Waals surface area (Å²) < 4.78 is 0. The summed E-state index contributed by atoms with van der Waals surface area (Å²) in [5.74, 6) is 0. The van der Waals surface area contributed by atoms with Gasteiger partial charge in [-0.3, -0.25) is 0 Å². The van der Waals surface area contributed by atoms with Gasteiger partial charge in [-0.15, -0.1) is 0 Å². The minimum Gasteiger partial charge on any atom is -0.393 e. The fraction of sp³-hybridized carbons (Fsp3) is 0.125. The van der Waals surface area contributed by atoms with Crippen LogP contribution in [-0.4, -0.2) is 9.98 Å². The molecule has 22 heavy (non-hydrogen) atoms. The Morgan fingerprint density at radius 3 is 2.23 bits per heavy atom. The molecule has 116 valence electrons. The summed E-state index contributed by atoms with van der Waals surface area (Å²) in [5, 5.41) is 1.43. The minimum atomic E-state index is 0.381. The monoisotopic (exact) mass is 370 g/mol. The highest BCUT2D eigenvalue weighted by molar-refractivity contribution is 7.80. The molecule has 0 amide bonds. The van der Waals surface area contributed by atoms with Crippen molar-refractivity contribution in [1.82, 2.24) is 0 Å². The van der Waals surface area contributed by atoms with Crippen LogP contribution in [0.5, 0.6) is 0 Å². The van der Waals surface area contributed by atoms with E-state index in [1.165, 1.54) is 0 Å². The Labute approximate surface area is 151 Å². The van der Waals surface area contributed by atoms with Gasteiger partial charge in [0.25, 0.3) is 0 Å². The molecule has 0 aliphatic carbocycles. The summed E-state index contributed by atoms with van der Waals surface area (Å²) in [6.45, 7) is 1.94. The van der Waals surface area contributed by atoms with Crippen molar-refractivity contribution >= 4 is 57.6 Å². The predicted molar refractivity (Wildman–Crippen MR) is 104 cm³/mol. The summed E-state index contributed by atoms with van der Waals surface area (Å²) in [5.41, 5.74) is 13.7. The lowest BCUT2D eigenvalue weighted by molar-refractivity contribution is 1.33. The van der Waals surface area contributed by atoms with Crippen LogP contribution >= 0.6 is 47.6 Å². The van der Waals surface area contributed by atoms with E-state index < -0.39 is 0 Å². The van der Waals surface area contributed by atoms with Crippen LogP contribution in [0.25, 0.3) is 0 Å². The molecule has 0 atom stereocenters. The van der Waals surface area contributed by atoms with Crippen molar-refractivity contribution in [3.8, 4) is 0 Å². The molecule has 4 N–H and O–H groups in total. The van der Waals surface area contributed by atoms with Gasteiger partial charge in [-0.1, -0.05) is 71.9 Å². The van der Waals surface area contributed by atoms with Crippen molar-refractivity contribution in [2.24, 2.45) is 11.5 Å². The second-order valence-electron chi connectivity index (χ2n) is 4.60. The molecule has 2 aromatic rings. The van der Waals surface area contributed by atoms with E-state index in [1.54, 1.807) is 6.07 Å². The zero-order chi connectivity index (χ0) is 16.7. The van der Waals surface area contributed by atoms with E-state index in [4.69, 9.17) is 59.1 Å². The Morgan fingerprint density at radius 2 is 1.73 bits per heavy atom. The highest BCUT2D eigenvalue weighted by Gasteiger charge is 1.98. The largest absolute Gasteiger partial charge is 0.393 e. The molecule has 0 saturated heterocycles. The van der Waals surface area contributed by atoms with Crippen LogP contribution < -0.4 is 11.5 Å². The van der Waals surface area contributed by atoms with Gasteiger partial charge in [-0.2, -0.15) is 0 Å². The van der Waals surface area contributed by atoms with Crippen LogP contribution in [0.15, 0.2) is 42.5 Å². The molecule has 2 aromatic carbocycles. The van der Waals surface area contributed by atoms with E-state index in [0.29, 0.717) is 21.4 Å². The maximum atomic E-state index is 5.84. The number of halogens is 2. The smallest absolute Gasteiger partial charge is 0.104 e. The second-order valence-corrected chi connectivity index (χ2v) is 6.41. The third-order valence-corrected chi connectivity index (χ3v) is 3.75. The number of aryl methyl sites for hydroxylation is 1. The quantitative estimate of drug-likeness (QED) is 0.783. The first kappa shape index (κ1) is 18.8. The van der Waals surface area contributed by atoms with Crippen LogP contribution in [0.2, 0.25) is 10.0 Å². The number of nitrogens with two attached hydrogens (primary N) is 2. The molecule has 2 nitrogen and oxygen atoms in total. The first-order chi connectivity index (χ1) is 10.3. The lowest BCUT2D eigenvalue weighted by Crippen LogP contribution is -2.10. The molecule has 2 rings (SSSR count). The molecule has 0 bridgehead atoms. The van der Waals surface area contributed by atoms with Crippen LogP contribution in [0.3, 0.4) is 0 Å². The Morgan fingerprint density at radius 1 is 1.05 bits per heavy atom. The maximum absolute atomic E-state index is 5.84. The van der Waals surface area contributed by atoms with Crippen LogP contribution in [0.1, 0.15) is 16.7 Å². The van der Waals surface area contributed by atoms with Crippen LogP contribution in [0, 0.1) is 6.92 Å². The number of rotatable bonds is 3. The van der Waals surface area contributed by atoms with Crippen molar-refractivity contribution < 1.29 is 0 Å². The fourth-order valence-corrected chi connectivity index (χ4v) is 2.28. The molecule has 6 heteroatoms. The van der Waals surface area contributed by atoms with Gasteiger partial charge < -0.3 is 11.5 Å². The SMILES string of the molecule is Cc1ccc(C(N)=S)cc1Cl.NC(=S)Cc1cccc(Cl)c1. The van der Waals surface area contributed by atoms with Gasteiger partial charge in [-0.25, -0.2) is 0 Å². The fourth-order valence-electron chi connectivity index (χ4n) is 1.59. The van der Waals surface area contributed by atoms with Gasteiger partial charge in [0.15, 0.2) is 0 Å². The summed E-state index contributed by atoms with van der Waals surface area (Å²) in [4.78, 5) is 0.874. The summed E-state index contributed by atoms with van der Waals surface area (Å²) in [6, 6.07) is 13.1. The summed E-state index contributed by atoms with van der Waals surface area (Å²) >= 11 is 21.1. The molecule has 0 aromatic heterocycles. The molecule has 0 saturated carbocycles. The highest BCUT2D eigenvalue weighted by atomic mass is 35.5. The predicted octanol–water partition coefficient (Wildman–Crippen LogP) is 4.45. The number of hydrogen-bond donors (Lipinski definition) is 2. The highest BCUT2D eigenvalue weighted by Crippen LogP contribution is 2.16. The van der Waals surface area contributed by atoms with E-state index in [-0.39, 0.29) is 0 Å². The number of benzene rings is 2. The maximum Gasteiger partial charge on any atom is 0.104 e. The molecule has 0 spiro atoms. The number of thiocarbonyl (C=S) groups is 2. The molecule has 0 radical (unpaired) electrons. The van der Waals surface area contributed by atoms with E-state index >= 15 is 0 Å². The van der Waals surface area contributed by atoms with E-state index in [2.05, 4.69) is 0 Å². The summed E-state index contributed by atoms with van der Waals surface area (Å²) in [7, 11) is 0. The average Bonchev–Trinajstić information content (AvgIpc) is 2.41. The van der Waals surface area contributed by atoms with Crippen LogP contribution in [-0.2, 0) is 6.42 Å². The van der Waals surface area contributed by atoms with Crippen molar-refractivity contribution in [2.75, 3.05) is 0 Å². The lowest BCUT2D eigenvalue weighted by atomic mass is 10.1. The molecule has 0 heterocycles. The zero-order valence-corrected chi connectivity index (χ0v) is 15.1. The van der Waals surface area contributed by atoms with Crippen molar-refractivity contribution in [2.45, 2.75) is 13.3 Å². The van der Waals surface area contributed by atoms with Gasteiger partial charge in [-0.05, 0) is 36.2 Å². The van der Waals surface area contributed by atoms with Gasteiger partial charge in [0, 0.05) is 22.0 Å². The first-order valence-electron chi connectivity index (χ1n) is 6.38. The standard InChI is InChI=1S/2C8H8ClNS/c1-5-2-3-6(8(10)11)4-7(5)9;9-7-3-1-2-6(4-7)5-8(10)11/h2-4H,1H3,(H2,10,11);1-4H,5H2,(H2,10,11). The molecule has 0 unspecified atom stereocenters. The normalized spacial score (nSPS) is 9.59. The Kier molecular flexibility index (Phi) is 7.76. The van der Waals surface area contributed by atoms with Crippen molar-refractivity contribution in [3.05, 3.63) is 69.2 Å². The van der Waals surface area contributed by atoms with Crippen LogP contribution in [0.4, 0.5) is 0 Å². The van der Waals surface area contributed by atoms with E-state index in [0.717, 1.165) is 21.7 Å². The van der Waals surface area contributed by atoms with Gasteiger partial charge in [0.1, 0.15) is 4.99 Å². The topological polar surface area (TPSA) is 52.0 Å². The Hall–Kier alpha value is -1.20. The molecular formula is C16H16Cl2N2S2. The van der Waals surface area contributed by atoms with E-state index in [1.807, 2.05) is 43.3 Å². The molecule has 0 aliphatic rings. The lowest BCUT2D eigenvalue weighted by Gasteiger charge is -2.00. The van der Waals surface area contributed by atoms with Gasteiger partial charge >= 0.3 is 0 Å². The zero-order valence-electron chi connectivity index (χ0n) is 12.0. The first-order valence-corrected chi connectivity index (χ1v) is 7.95.